The van der Waals surface area contributed by atoms with Gasteiger partial charge in [-0.1, -0.05) is 60.7 Å². The molecule has 0 N–H and O–H groups in total. The lowest BCUT2D eigenvalue weighted by molar-refractivity contribution is 0.0253. The number of rotatable bonds is 1. The molecule has 0 fully saturated rings. The Morgan fingerprint density at radius 3 is 2.29 bits per heavy atom. The van der Waals surface area contributed by atoms with Gasteiger partial charge in [0.25, 0.3) is 0 Å². The minimum atomic E-state index is -0.226. The summed E-state index contributed by atoms with van der Waals surface area (Å²) in [5.41, 5.74) is 2.81. The van der Waals surface area contributed by atoms with Crippen LogP contribution in [0.15, 0.2) is 66.7 Å². The molecule has 1 heterocycles. The van der Waals surface area contributed by atoms with Gasteiger partial charge in [-0.3, -0.25) is 0 Å². The Hall–Kier alpha value is -2.61. The second-order valence-electron chi connectivity index (χ2n) is 5.37. The van der Waals surface area contributed by atoms with Crippen LogP contribution >= 0.6 is 0 Å². The van der Waals surface area contributed by atoms with Crippen LogP contribution in [0.3, 0.4) is 0 Å². The topological polar surface area (TPSA) is 26.3 Å². The van der Waals surface area contributed by atoms with Crippen molar-refractivity contribution in [3.05, 3.63) is 83.4 Å². The van der Waals surface area contributed by atoms with Crippen molar-refractivity contribution in [2.45, 2.75) is 12.5 Å². The van der Waals surface area contributed by atoms with Crippen LogP contribution < -0.4 is 0 Å². The van der Waals surface area contributed by atoms with Crippen molar-refractivity contribution in [3.63, 3.8) is 0 Å². The average molecular weight is 274 g/mol. The van der Waals surface area contributed by atoms with E-state index in [4.69, 9.17) is 4.74 Å². The zero-order valence-corrected chi connectivity index (χ0v) is 11.5. The number of fused-ring (bicyclic) bond motifs is 2. The van der Waals surface area contributed by atoms with Crippen molar-refractivity contribution in [3.8, 4) is 0 Å². The Labute approximate surface area is 123 Å². The number of esters is 1. The first kappa shape index (κ1) is 12.2. The van der Waals surface area contributed by atoms with E-state index < -0.39 is 0 Å². The van der Waals surface area contributed by atoms with Crippen molar-refractivity contribution in [2.24, 2.45) is 0 Å². The molecule has 0 aromatic heterocycles. The lowest BCUT2D eigenvalue weighted by Gasteiger charge is -2.25. The second-order valence-corrected chi connectivity index (χ2v) is 5.37. The highest BCUT2D eigenvalue weighted by molar-refractivity contribution is 5.98. The second kappa shape index (κ2) is 4.74. The van der Waals surface area contributed by atoms with Crippen LogP contribution in [0, 0.1) is 0 Å². The number of benzene rings is 3. The van der Waals surface area contributed by atoms with Gasteiger partial charge in [0.1, 0.15) is 6.10 Å². The monoisotopic (exact) mass is 274 g/mol. The Balaban J connectivity index is 1.80. The zero-order valence-electron chi connectivity index (χ0n) is 11.5. The van der Waals surface area contributed by atoms with Gasteiger partial charge in [-0.05, 0) is 28.0 Å². The molecule has 21 heavy (non-hydrogen) atoms. The first-order valence-corrected chi connectivity index (χ1v) is 7.09. The summed E-state index contributed by atoms with van der Waals surface area (Å²) in [5.74, 6) is -0.226. The molecule has 3 aromatic rings. The Morgan fingerprint density at radius 1 is 0.857 bits per heavy atom. The third-order valence-electron chi connectivity index (χ3n) is 4.02. The van der Waals surface area contributed by atoms with Crippen LogP contribution in [0.1, 0.15) is 27.6 Å². The Bertz CT molecular complexity index is 821. The van der Waals surface area contributed by atoms with Crippen LogP contribution in [0.4, 0.5) is 0 Å². The molecule has 3 aromatic carbocycles. The van der Waals surface area contributed by atoms with Crippen molar-refractivity contribution < 1.29 is 9.53 Å². The third kappa shape index (κ3) is 2.09. The van der Waals surface area contributed by atoms with Gasteiger partial charge in [0.15, 0.2) is 0 Å². The van der Waals surface area contributed by atoms with Crippen LogP contribution in [-0.2, 0) is 11.2 Å². The summed E-state index contributed by atoms with van der Waals surface area (Å²) in [6, 6.07) is 22.1. The fourth-order valence-corrected chi connectivity index (χ4v) is 2.93. The van der Waals surface area contributed by atoms with E-state index in [0.717, 1.165) is 28.3 Å². The highest BCUT2D eigenvalue weighted by Gasteiger charge is 2.27. The van der Waals surface area contributed by atoms with Gasteiger partial charge in [0.2, 0.25) is 0 Å². The van der Waals surface area contributed by atoms with E-state index in [0.29, 0.717) is 5.56 Å². The smallest absolute Gasteiger partial charge is 0.339 e. The molecule has 1 unspecified atom stereocenters. The van der Waals surface area contributed by atoms with Gasteiger partial charge in [0, 0.05) is 6.42 Å². The summed E-state index contributed by atoms with van der Waals surface area (Å²) < 4.78 is 5.61. The predicted molar refractivity (Wildman–Crippen MR) is 82.3 cm³/mol. The fourth-order valence-electron chi connectivity index (χ4n) is 2.93. The summed E-state index contributed by atoms with van der Waals surface area (Å²) in [4.78, 5) is 12.3. The molecular weight excluding hydrogens is 260 g/mol. The first-order chi connectivity index (χ1) is 10.3. The van der Waals surface area contributed by atoms with E-state index in [1.807, 2.05) is 54.6 Å². The molecule has 0 aliphatic carbocycles. The minimum Gasteiger partial charge on any atom is -0.454 e. The maximum atomic E-state index is 12.3. The van der Waals surface area contributed by atoms with Crippen molar-refractivity contribution in [1.82, 2.24) is 0 Å². The molecule has 4 rings (SSSR count). The summed E-state index contributed by atoms with van der Waals surface area (Å²) in [7, 11) is 0. The van der Waals surface area contributed by atoms with Gasteiger partial charge in [-0.2, -0.15) is 0 Å². The number of cyclic esters (lactones) is 1. The normalized spacial score (nSPS) is 17.3. The number of hydrogen-bond donors (Lipinski definition) is 0. The summed E-state index contributed by atoms with van der Waals surface area (Å²) in [6.45, 7) is 0. The van der Waals surface area contributed by atoms with Gasteiger partial charge in [0.05, 0.1) is 5.56 Å². The van der Waals surface area contributed by atoms with E-state index >= 15 is 0 Å². The summed E-state index contributed by atoms with van der Waals surface area (Å²) >= 11 is 0. The van der Waals surface area contributed by atoms with E-state index in [9.17, 15) is 4.79 Å². The molecule has 2 nitrogen and oxygen atoms in total. The highest BCUT2D eigenvalue weighted by Crippen LogP contribution is 2.32. The molecule has 0 bridgehead atoms. The molecule has 0 saturated heterocycles. The minimum absolute atomic E-state index is 0.188. The predicted octanol–water partition coefficient (Wildman–Crippen LogP) is 4.29. The standard InChI is InChI=1S/C19H14O2/c20-19-17-11-15-9-5-4-8-14(15)10-16(17)12-18(21-19)13-6-2-1-3-7-13/h1-11,18H,12H2. The highest BCUT2D eigenvalue weighted by atomic mass is 16.5. The Morgan fingerprint density at radius 2 is 1.52 bits per heavy atom. The molecule has 102 valence electrons. The lowest BCUT2D eigenvalue weighted by atomic mass is 9.92. The number of carbonyl (C=O) groups is 1. The maximum absolute atomic E-state index is 12.3. The van der Waals surface area contributed by atoms with Crippen molar-refractivity contribution >= 4 is 16.7 Å². The van der Waals surface area contributed by atoms with Crippen LogP contribution in [0.25, 0.3) is 10.8 Å². The number of carbonyl (C=O) groups excluding carboxylic acids is 1. The van der Waals surface area contributed by atoms with E-state index in [1.54, 1.807) is 0 Å². The van der Waals surface area contributed by atoms with Gasteiger partial charge in [-0.25, -0.2) is 4.79 Å². The molecule has 2 heteroatoms. The van der Waals surface area contributed by atoms with E-state index in [2.05, 4.69) is 12.1 Å². The van der Waals surface area contributed by atoms with Gasteiger partial charge < -0.3 is 4.74 Å². The molecule has 0 radical (unpaired) electrons. The zero-order chi connectivity index (χ0) is 14.2. The maximum Gasteiger partial charge on any atom is 0.339 e. The molecule has 1 aliphatic heterocycles. The number of ether oxygens (including phenoxy) is 1. The Kier molecular flexibility index (Phi) is 2.74. The van der Waals surface area contributed by atoms with E-state index in [-0.39, 0.29) is 12.1 Å². The number of hydrogen-bond acceptors (Lipinski definition) is 2. The van der Waals surface area contributed by atoms with Gasteiger partial charge in [-0.15, -0.1) is 0 Å². The first-order valence-electron chi connectivity index (χ1n) is 7.09. The van der Waals surface area contributed by atoms with Crippen LogP contribution in [-0.4, -0.2) is 5.97 Å². The molecule has 0 amide bonds. The summed E-state index contributed by atoms with van der Waals surface area (Å²) in [6.07, 6.45) is 0.544. The van der Waals surface area contributed by atoms with Crippen molar-refractivity contribution in [2.75, 3.05) is 0 Å². The van der Waals surface area contributed by atoms with E-state index in [1.165, 1.54) is 0 Å². The van der Waals surface area contributed by atoms with Crippen LogP contribution in [0.5, 0.6) is 0 Å². The molecule has 0 saturated carbocycles. The SMILES string of the molecule is O=C1OC(c2ccccc2)Cc2cc3ccccc3cc21. The largest absolute Gasteiger partial charge is 0.454 e. The summed E-state index contributed by atoms with van der Waals surface area (Å²) in [5, 5.41) is 2.24. The molecular formula is C19H14O2. The lowest BCUT2D eigenvalue weighted by Crippen LogP contribution is -2.21. The molecule has 0 spiro atoms. The van der Waals surface area contributed by atoms with Gasteiger partial charge >= 0.3 is 5.97 Å². The third-order valence-corrected chi connectivity index (χ3v) is 4.02. The molecule has 1 atom stereocenters. The fraction of sp³-hybridized carbons (Fsp3) is 0.105. The quantitative estimate of drug-likeness (QED) is 0.619. The van der Waals surface area contributed by atoms with Crippen LogP contribution in [0.2, 0.25) is 0 Å². The van der Waals surface area contributed by atoms with Crippen molar-refractivity contribution in [1.29, 1.82) is 0 Å². The average Bonchev–Trinajstić information content (AvgIpc) is 2.54. The molecule has 1 aliphatic rings.